The quantitative estimate of drug-likeness (QED) is 0.644. The van der Waals surface area contributed by atoms with Crippen LogP contribution in [0.1, 0.15) is 28.1 Å². The van der Waals surface area contributed by atoms with Crippen molar-refractivity contribution in [1.82, 2.24) is 10.2 Å². The molecule has 3 rings (SSSR count). The fourth-order valence-corrected chi connectivity index (χ4v) is 3.94. The van der Waals surface area contributed by atoms with Gasteiger partial charge in [-0.05, 0) is 35.6 Å². The van der Waals surface area contributed by atoms with E-state index in [0.29, 0.717) is 30.0 Å². The van der Waals surface area contributed by atoms with Crippen LogP contribution < -0.4 is 10.6 Å². The topological polar surface area (TPSA) is 95.6 Å². The first-order chi connectivity index (χ1) is 13.5. The van der Waals surface area contributed by atoms with E-state index in [9.17, 15) is 19.2 Å². The molecule has 7 nitrogen and oxygen atoms in total. The van der Waals surface area contributed by atoms with Crippen LogP contribution in [0.15, 0.2) is 41.8 Å². The summed E-state index contributed by atoms with van der Waals surface area (Å²) in [5.74, 6) is -0.252. The van der Waals surface area contributed by atoms with Gasteiger partial charge in [0.1, 0.15) is 0 Å². The molecule has 0 aliphatic carbocycles. The third kappa shape index (κ3) is 5.43. The molecule has 2 aromatic rings. The fourth-order valence-electron chi connectivity index (χ4n) is 2.58. The van der Waals surface area contributed by atoms with Gasteiger partial charge in [-0.1, -0.05) is 30.0 Å². The first kappa shape index (κ1) is 20.1. The van der Waals surface area contributed by atoms with Crippen LogP contribution in [0.25, 0.3) is 0 Å². The monoisotopic (exact) mass is 417 g/mol. The highest BCUT2D eigenvalue weighted by molar-refractivity contribution is 8.14. The van der Waals surface area contributed by atoms with E-state index >= 15 is 0 Å². The summed E-state index contributed by atoms with van der Waals surface area (Å²) in [6.45, 7) is 0.668. The maximum atomic E-state index is 12.0. The van der Waals surface area contributed by atoms with Crippen molar-refractivity contribution in [3.8, 4) is 0 Å². The Morgan fingerprint density at radius 2 is 1.89 bits per heavy atom. The number of thiophene rings is 1. The van der Waals surface area contributed by atoms with Gasteiger partial charge >= 0.3 is 0 Å². The van der Waals surface area contributed by atoms with Gasteiger partial charge in [0.05, 0.1) is 17.2 Å². The summed E-state index contributed by atoms with van der Waals surface area (Å²) in [6, 6.07) is 10.6. The minimum absolute atomic E-state index is 0.126. The lowest BCUT2D eigenvalue weighted by molar-refractivity contribution is -0.125. The second kappa shape index (κ2) is 9.52. The number of benzene rings is 1. The molecule has 146 valence electrons. The highest BCUT2D eigenvalue weighted by atomic mass is 32.2. The second-order valence-electron chi connectivity index (χ2n) is 6.12. The normalized spacial score (nSPS) is 13.6. The molecule has 0 atom stereocenters. The number of carbonyl (C=O) groups is 4. The molecule has 4 amide bonds. The summed E-state index contributed by atoms with van der Waals surface area (Å²) in [5.41, 5.74) is 1.46. The Hall–Kier alpha value is -2.65. The average Bonchev–Trinajstić information content (AvgIpc) is 3.33. The van der Waals surface area contributed by atoms with Crippen molar-refractivity contribution in [2.45, 2.75) is 19.4 Å². The van der Waals surface area contributed by atoms with E-state index in [4.69, 9.17) is 0 Å². The maximum absolute atomic E-state index is 12.0. The van der Waals surface area contributed by atoms with Crippen molar-refractivity contribution in [2.75, 3.05) is 17.6 Å². The van der Waals surface area contributed by atoms with E-state index in [-0.39, 0.29) is 35.3 Å². The number of imide groups is 1. The van der Waals surface area contributed by atoms with Crippen LogP contribution in [0.3, 0.4) is 0 Å². The van der Waals surface area contributed by atoms with E-state index in [1.165, 1.54) is 16.2 Å². The summed E-state index contributed by atoms with van der Waals surface area (Å²) in [7, 11) is 0. The molecular formula is C19H19N3O4S2. The molecule has 1 saturated heterocycles. The molecule has 0 bridgehead atoms. The fraction of sp³-hybridized carbons (Fsp3) is 0.263. The molecule has 0 radical (unpaired) electrons. The zero-order valence-electron chi connectivity index (χ0n) is 15.0. The zero-order chi connectivity index (χ0) is 19.9. The lowest BCUT2D eigenvalue weighted by Crippen LogP contribution is -2.27. The Morgan fingerprint density at radius 3 is 2.54 bits per heavy atom. The van der Waals surface area contributed by atoms with E-state index in [1.807, 2.05) is 11.4 Å². The van der Waals surface area contributed by atoms with Crippen LogP contribution in [-0.4, -0.2) is 40.2 Å². The summed E-state index contributed by atoms with van der Waals surface area (Å²) < 4.78 is 0. The molecule has 9 heteroatoms. The molecule has 1 aliphatic heterocycles. The second-order valence-corrected chi connectivity index (χ2v) is 7.99. The molecule has 0 saturated carbocycles. The van der Waals surface area contributed by atoms with E-state index < -0.39 is 0 Å². The van der Waals surface area contributed by atoms with Crippen LogP contribution >= 0.6 is 23.1 Å². The highest BCUT2D eigenvalue weighted by Crippen LogP contribution is 2.21. The number of anilines is 1. The van der Waals surface area contributed by atoms with Gasteiger partial charge in [0, 0.05) is 18.7 Å². The molecule has 1 aliphatic rings. The zero-order valence-corrected chi connectivity index (χ0v) is 16.6. The third-order valence-electron chi connectivity index (χ3n) is 4.03. The molecule has 1 aromatic heterocycles. The first-order valence-corrected chi connectivity index (χ1v) is 10.6. The van der Waals surface area contributed by atoms with Crippen LogP contribution in [0.4, 0.5) is 10.5 Å². The number of thioether (sulfide) groups is 1. The summed E-state index contributed by atoms with van der Waals surface area (Å²) in [6.07, 6.45) is 0.832. The number of nitrogens with zero attached hydrogens (tertiary/aromatic N) is 1. The molecule has 1 aromatic carbocycles. The van der Waals surface area contributed by atoms with Crippen LogP contribution in [-0.2, 0) is 16.1 Å². The predicted octanol–water partition coefficient (Wildman–Crippen LogP) is 3.09. The largest absolute Gasteiger partial charge is 0.351 e. The van der Waals surface area contributed by atoms with Crippen molar-refractivity contribution in [3.05, 3.63) is 52.2 Å². The number of hydrogen-bond donors (Lipinski definition) is 2. The summed E-state index contributed by atoms with van der Waals surface area (Å²) in [4.78, 5) is 48.9. The number of carbonyl (C=O) groups excluding carboxylic acids is 4. The number of amides is 4. The van der Waals surface area contributed by atoms with Crippen molar-refractivity contribution >= 4 is 51.7 Å². The van der Waals surface area contributed by atoms with Gasteiger partial charge in [-0.3, -0.25) is 24.1 Å². The van der Waals surface area contributed by atoms with E-state index in [2.05, 4.69) is 10.6 Å². The van der Waals surface area contributed by atoms with Crippen LogP contribution in [0.2, 0.25) is 0 Å². The smallest absolute Gasteiger partial charge is 0.289 e. The Bertz CT molecular complexity index is 850. The van der Waals surface area contributed by atoms with Gasteiger partial charge in [-0.15, -0.1) is 11.3 Å². The van der Waals surface area contributed by atoms with E-state index in [0.717, 1.165) is 17.3 Å². The Morgan fingerprint density at radius 1 is 1.11 bits per heavy atom. The summed E-state index contributed by atoms with van der Waals surface area (Å²) >= 11 is 2.38. The van der Waals surface area contributed by atoms with Gasteiger partial charge in [-0.25, -0.2) is 0 Å². The molecule has 2 heterocycles. The minimum Gasteiger partial charge on any atom is -0.351 e. The molecular weight excluding hydrogens is 398 g/mol. The van der Waals surface area contributed by atoms with Crippen molar-refractivity contribution in [2.24, 2.45) is 0 Å². The Balaban J connectivity index is 1.39. The molecule has 0 unspecified atom stereocenters. The third-order valence-corrected chi connectivity index (χ3v) is 5.76. The molecule has 0 spiro atoms. The van der Waals surface area contributed by atoms with Crippen molar-refractivity contribution < 1.29 is 19.2 Å². The van der Waals surface area contributed by atoms with Crippen LogP contribution in [0.5, 0.6) is 0 Å². The Labute approximate surface area is 170 Å². The minimum atomic E-state index is -0.228. The van der Waals surface area contributed by atoms with Crippen molar-refractivity contribution in [1.29, 1.82) is 0 Å². The Kier molecular flexibility index (Phi) is 6.83. The van der Waals surface area contributed by atoms with Gasteiger partial charge in [-0.2, -0.15) is 0 Å². The standard InChI is InChI=1S/C19H19N3O4S2/c23-16(4-1-9-20-18(25)15-3-2-10-27-15)21-14-7-5-13(6-8-14)11-22-17(24)12-28-19(22)26/h2-3,5-8,10H,1,4,9,11-12H2,(H,20,25)(H,21,23). The van der Waals surface area contributed by atoms with Gasteiger partial charge in [0.2, 0.25) is 11.8 Å². The van der Waals surface area contributed by atoms with Crippen LogP contribution in [0, 0.1) is 0 Å². The molecule has 2 N–H and O–H groups in total. The van der Waals surface area contributed by atoms with Gasteiger partial charge in [0.25, 0.3) is 11.1 Å². The number of rotatable bonds is 8. The average molecular weight is 418 g/mol. The SMILES string of the molecule is O=C(CCCNC(=O)c1cccs1)Nc1ccc(CN2C(=O)CSC2=O)cc1. The van der Waals surface area contributed by atoms with Gasteiger partial charge < -0.3 is 10.6 Å². The van der Waals surface area contributed by atoms with Gasteiger partial charge in [0.15, 0.2) is 0 Å². The molecule has 1 fully saturated rings. The lowest BCUT2D eigenvalue weighted by Gasteiger charge is -2.13. The lowest BCUT2D eigenvalue weighted by atomic mass is 10.2. The number of hydrogen-bond acceptors (Lipinski definition) is 6. The number of nitrogens with one attached hydrogen (secondary N) is 2. The van der Waals surface area contributed by atoms with E-state index in [1.54, 1.807) is 30.3 Å². The predicted molar refractivity (Wildman–Crippen MR) is 109 cm³/mol. The highest BCUT2D eigenvalue weighted by Gasteiger charge is 2.29. The maximum Gasteiger partial charge on any atom is 0.289 e. The molecule has 28 heavy (non-hydrogen) atoms. The first-order valence-electron chi connectivity index (χ1n) is 8.70. The summed E-state index contributed by atoms with van der Waals surface area (Å²) in [5, 5.41) is 7.19. The van der Waals surface area contributed by atoms with Crippen molar-refractivity contribution in [3.63, 3.8) is 0 Å².